The average Bonchev–Trinajstić information content (AvgIpc) is 3.28. The minimum absolute atomic E-state index is 0.0979. The number of amides is 2. The monoisotopic (exact) mass is 392 g/mol. The van der Waals surface area contributed by atoms with Crippen LogP contribution in [-0.2, 0) is 17.6 Å². The molecule has 3 rings (SSSR count). The number of hydrogen-bond donors (Lipinski definition) is 2. The number of nitrogens with one attached hydrogen (secondary N) is 2. The van der Waals surface area contributed by atoms with Gasteiger partial charge in [-0.05, 0) is 60.4 Å². The molecule has 0 aliphatic rings. The molecule has 2 aromatic carbocycles. The number of aryl methyl sites for hydroxylation is 2. The molecule has 0 saturated heterocycles. The molecular formula is C23H24N2O4. The summed E-state index contributed by atoms with van der Waals surface area (Å²) in [5.74, 6) is 0.233. The third-order valence-electron chi connectivity index (χ3n) is 4.49. The third-order valence-corrected chi connectivity index (χ3v) is 4.49. The van der Waals surface area contributed by atoms with Gasteiger partial charge in [0, 0.05) is 11.4 Å². The van der Waals surface area contributed by atoms with E-state index in [0.717, 1.165) is 29.7 Å². The Kier molecular flexibility index (Phi) is 6.68. The molecule has 150 valence electrons. The van der Waals surface area contributed by atoms with Crippen molar-refractivity contribution in [2.45, 2.75) is 26.7 Å². The Morgan fingerprint density at radius 2 is 1.59 bits per heavy atom. The van der Waals surface area contributed by atoms with Gasteiger partial charge in [0.25, 0.3) is 11.8 Å². The normalized spacial score (nSPS) is 10.4. The van der Waals surface area contributed by atoms with E-state index in [1.165, 1.54) is 6.26 Å². The lowest BCUT2D eigenvalue weighted by atomic mass is 10.0. The van der Waals surface area contributed by atoms with Gasteiger partial charge < -0.3 is 19.8 Å². The van der Waals surface area contributed by atoms with E-state index in [2.05, 4.69) is 24.5 Å². The second-order valence-corrected chi connectivity index (χ2v) is 6.45. The smallest absolute Gasteiger partial charge is 0.291 e. The predicted molar refractivity (Wildman–Crippen MR) is 112 cm³/mol. The lowest BCUT2D eigenvalue weighted by molar-refractivity contribution is -0.118. The summed E-state index contributed by atoms with van der Waals surface area (Å²) in [7, 11) is 0. The Morgan fingerprint density at radius 3 is 2.17 bits per heavy atom. The van der Waals surface area contributed by atoms with Crippen molar-refractivity contribution in [2.24, 2.45) is 0 Å². The van der Waals surface area contributed by atoms with Crippen molar-refractivity contribution in [1.29, 1.82) is 0 Å². The maximum Gasteiger partial charge on any atom is 0.291 e. The SMILES string of the molecule is CCc1cccc(CC)c1NC(=O)COc1ccc(NC(=O)c2ccco2)cc1. The van der Waals surface area contributed by atoms with Crippen LogP contribution in [0.4, 0.5) is 11.4 Å². The van der Waals surface area contributed by atoms with Crippen LogP contribution in [0.15, 0.2) is 65.3 Å². The molecule has 6 heteroatoms. The molecule has 2 N–H and O–H groups in total. The van der Waals surface area contributed by atoms with Crippen LogP contribution in [0.5, 0.6) is 5.75 Å². The molecule has 0 spiro atoms. The van der Waals surface area contributed by atoms with Crippen LogP contribution < -0.4 is 15.4 Å². The zero-order valence-electron chi connectivity index (χ0n) is 16.5. The van der Waals surface area contributed by atoms with E-state index < -0.39 is 0 Å². The molecule has 0 atom stereocenters. The van der Waals surface area contributed by atoms with Gasteiger partial charge in [-0.15, -0.1) is 0 Å². The summed E-state index contributed by atoms with van der Waals surface area (Å²) in [4.78, 5) is 24.3. The molecule has 2 amide bonds. The summed E-state index contributed by atoms with van der Waals surface area (Å²) in [6.45, 7) is 4.03. The largest absolute Gasteiger partial charge is 0.484 e. The number of carbonyl (C=O) groups excluding carboxylic acids is 2. The highest BCUT2D eigenvalue weighted by Gasteiger charge is 2.11. The van der Waals surface area contributed by atoms with Crippen molar-refractivity contribution < 1.29 is 18.7 Å². The Labute approximate surface area is 169 Å². The van der Waals surface area contributed by atoms with Crippen LogP contribution in [-0.4, -0.2) is 18.4 Å². The van der Waals surface area contributed by atoms with Crippen LogP contribution >= 0.6 is 0 Å². The van der Waals surface area contributed by atoms with Gasteiger partial charge in [-0.2, -0.15) is 0 Å². The van der Waals surface area contributed by atoms with Gasteiger partial charge in [0.15, 0.2) is 12.4 Å². The van der Waals surface area contributed by atoms with Crippen LogP contribution in [0.3, 0.4) is 0 Å². The van der Waals surface area contributed by atoms with Crippen molar-refractivity contribution in [3.05, 3.63) is 77.7 Å². The fraction of sp³-hybridized carbons (Fsp3) is 0.217. The van der Waals surface area contributed by atoms with Gasteiger partial charge in [0.1, 0.15) is 5.75 Å². The predicted octanol–water partition coefficient (Wildman–Crippen LogP) is 4.67. The summed E-state index contributed by atoms with van der Waals surface area (Å²) in [5.41, 5.74) is 3.69. The first-order chi connectivity index (χ1) is 14.1. The van der Waals surface area contributed by atoms with E-state index in [9.17, 15) is 9.59 Å². The number of para-hydroxylation sites is 1. The molecule has 6 nitrogen and oxygen atoms in total. The lowest BCUT2D eigenvalue weighted by Crippen LogP contribution is -2.21. The summed E-state index contributed by atoms with van der Waals surface area (Å²) >= 11 is 0. The number of rotatable bonds is 8. The van der Waals surface area contributed by atoms with Crippen LogP contribution in [0.25, 0.3) is 0 Å². The van der Waals surface area contributed by atoms with Crippen molar-refractivity contribution in [3.63, 3.8) is 0 Å². The van der Waals surface area contributed by atoms with Crippen molar-refractivity contribution in [2.75, 3.05) is 17.2 Å². The summed E-state index contributed by atoms with van der Waals surface area (Å²) < 4.78 is 10.6. The quantitative estimate of drug-likeness (QED) is 0.584. The molecule has 0 bridgehead atoms. The Balaban J connectivity index is 1.55. The molecule has 0 unspecified atom stereocenters. The highest BCUT2D eigenvalue weighted by molar-refractivity contribution is 6.02. The van der Waals surface area contributed by atoms with E-state index in [1.807, 2.05) is 18.2 Å². The molecule has 0 saturated carbocycles. The van der Waals surface area contributed by atoms with Crippen molar-refractivity contribution in [3.8, 4) is 5.75 Å². The maximum absolute atomic E-state index is 12.4. The zero-order valence-corrected chi connectivity index (χ0v) is 16.5. The Morgan fingerprint density at radius 1 is 0.897 bits per heavy atom. The highest BCUT2D eigenvalue weighted by Crippen LogP contribution is 2.23. The fourth-order valence-corrected chi connectivity index (χ4v) is 2.96. The van der Waals surface area contributed by atoms with Gasteiger partial charge in [-0.25, -0.2) is 0 Å². The molecule has 3 aromatic rings. The number of benzene rings is 2. The first kappa shape index (κ1) is 20.2. The van der Waals surface area contributed by atoms with E-state index in [0.29, 0.717) is 11.4 Å². The molecular weight excluding hydrogens is 368 g/mol. The molecule has 0 fully saturated rings. The summed E-state index contributed by atoms with van der Waals surface area (Å²) in [5, 5.41) is 5.70. The van der Waals surface area contributed by atoms with Gasteiger partial charge in [-0.3, -0.25) is 9.59 Å². The van der Waals surface area contributed by atoms with Gasteiger partial charge >= 0.3 is 0 Å². The average molecular weight is 392 g/mol. The minimum Gasteiger partial charge on any atom is -0.484 e. The number of ether oxygens (including phenoxy) is 1. The van der Waals surface area contributed by atoms with Crippen LogP contribution in [0.1, 0.15) is 35.5 Å². The molecule has 1 aromatic heterocycles. The second-order valence-electron chi connectivity index (χ2n) is 6.45. The zero-order chi connectivity index (χ0) is 20.6. The van der Waals surface area contributed by atoms with Crippen molar-refractivity contribution in [1.82, 2.24) is 0 Å². The third kappa shape index (κ3) is 5.25. The van der Waals surface area contributed by atoms with Gasteiger partial charge in [0.2, 0.25) is 0 Å². The first-order valence-electron chi connectivity index (χ1n) is 9.59. The molecule has 29 heavy (non-hydrogen) atoms. The van der Waals surface area contributed by atoms with E-state index >= 15 is 0 Å². The molecule has 1 heterocycles. The molecule has 0 aliphatic carbocycles. The Hall–Kier alpha value is -3.54. The van der Waals surface area contributed by atoms with Crippen LogP contribution in [0, 0.1) is 0 Å². The first-order valence-corrected chi connectivity index (χ1v) is 9.59. The fourth-order valence-electron chi connectivity index (χ4n) is 2.96. The molecule has 0 radical (unpaired) electrons. The standard InChI is InChI=1S/C23H24N2O4/c1-3-16-7-5-8-17(4-2)22(16)25-21(26)15-29-19-12-10-18(11-13-19)24-23(27)20-9-6-14-28-20/h5-14H,3-4,15H2,1-2H3,(H,24,27)(H,25,26). The number of anilines is 2. The lowest BCUT2D eigenvalue weighted by Gasteiger charge is -2.15. The van der Waals surface area contributed by atoms with Crippen LogP contribution in [0.2, 0.25) is 0 Å². The molecule has 0 aliphatic heterocycles. The van der Waals surface area contributed by atoms with Gasteiger partial charge in [-0.1, -0.05) is 32.0 Å². The number of furan rings is 1. The highest BCUT2D eigenvalue weighted by atomic mass is 16.5. The summed E-state index contributed by atoms with van der Waals surface area (Å²) in [6.07, 6.45) is 3.13. The summed E-state index contributed by atoms with van der Waals surface area (Å²) in [6, 6.07) is 16.1. The maximum atomic E-state index is 12.4. The van der Waals surface area contributed by atoms with E-state index in [1.54, 1.807) is 36.4 Å². The number of hydrogen-bond acceptors (Lipinski definition) is 4. The minimum atomic E-state index is -0.329. The van der Waals surface area contributed by atoms with Crippen molar-refractivity contribution >= 4 is 23.2 Å². The topological polar surface area (TPSA) is 80.6 Å². The Bertz CT molecular complexity index is 941. The van der Waals surface area contributed by atoms with E-state index in [-0.39, 0.29) is 24.2 Å². The van der Waals surface area contributed by atoms with E-state index in [4.69, 9.17) is 9.15 Å². The second kappa shape index (κ2) is 9.59. The van der Waals surface area contributed by atoms with Gasteiger partial charge in [0.05, 0.1) is 6.26 Å². The number of carbonyl (C=O) groups is 2.